The van der Waals surface area contributed by atoms with Gasteiger partial charge in [-0.25, -0.2) is 10.4 Å². The molecule has 0 amide bonds. The summed E-state index contributed by atoms with van der Waals surface area (Å²) in [5.74, 6) is 0.459. The highest BCUT2D eigenvalue weighted by Gasteiger charge is 2.20. The fourth-order valence-corrected chi connectivity index (χ4v) is 1.79. The van der Waals surface area contributed by atoms with Gasteiger partial charge in [0, 0.05) is 5.56 Å². The summed E-state index contributed by atoms with van der Waals surface area (Å²) >= 11 is 0. The van der Waals surface area contributed by atoms with Crippen molar-refractivity contribution in [1.82, 2.24) is 5.43 Å². The molecule has 0 aromatic heterocycles. The summed E-state index contributed by atoms with van der Waals surface area (Å²) < 4.78 is 0. The van der Waals surface area contributed by atoms with Crippen molar-refractivity contribution in [3.8, 4) is 5.75 Å². The van der Waals surface area contributed by atoms with E-state index >= 15 is 0 Å². The molecule has 1 aromatic rings. The lowest BCUT2D eigenvalue weighted by Gasteiger charge is -2.22. The zero-order chi connectivity index (χ0) is 13.3. The second kappa shape index (κ2) is 4.33. The molecular formula is C13H18N4O. The van der Waals surface area contributed by atoms with Crippen LogP contribution in [0.2, 0.25) is 0 Å². The molecule has 5 heteroatoms. The fourth-order valence-electron chi connectivity index (χ4n) is 1.79. The van der Waals surface area contributed by atoms with E-state index in [1.807, 2.05) is 12.1 Å². The highest BCUT2D eigenvalue weighted by atomic mass is 16.3. The first-order chi connectivity index (χ1) is 8.38. The summed E-state index contributed by atoms with van der Waals surface area (Å²) in [4.78, 5) is 4.21. The number of guanidine groups is 1. The number of nitrogens with one attached hydrogen (secondary N) is 1. The molecule has 0 bridgehead atoms. The van der Waals surface area contributed by atoms with Gasteiger partial charge in [-0.2, -0.15) is 5.10 Å². The Kier molecular flexibility index (Phi) is 2.98. The molecule has 0 saturated heterocycles. The maximum Gasteiger partial charge on any atom is 0.210 e. The number of phenols is 1. The first kappa shape index (κ1) is 12.4. The normalized spacial score (nSPS) is 19.3. The number of rotatable bonds is 1. The van der Waals surface area contributed by atoms with Crippen LogP contribution in [0.4, 0.5) is 0 Å². The van der Waals surface area contributed by atoms with Crippen LogP contribution in [-0.4, -0.2) is 17.3 Å². The second-order valence-corrected chi connectivity index (χ2v) is 5.37. The van der Waals surface area contributed by atoms with E-state index in [0.717, 1.165) is 11.1 Å². The molecule has 1 aliphatic heterocycles. The van der Waals surface area contributed by atoms with Crippen LogP contribution in [0, 0.1) is 0 Å². The summed E-state index contributed by atoms with van der Waals surface area (Å²) in [5.41, 5.74) is 10.0. The largest absolute Gasteiger partial charge is 0.508 e. The third kappa shape index (κ3) is 2.45. The molecular weight excluding hydrogens is 228 g/mol. The number of benzene rings is 1. The molecule has 1 aliphatic rings. The molecule has 5 nitrogen and oxygen atoms in total. The van der Waals surface area contributed by atoms with Crippen LogP contribution >= 0.6 is 0 Å². The minimum absolute atomic E-state index is 0.0156. The minimum atomic E-state index is -0.339. The topological polar surface area (TPSA) is 83.0 Å². The first-order valence-electron chi connectivity index (χ1n) is 5.84. The van der Waals surface area contributed by atoms with E-state index < -0.39 is 0 Å². The summed E-state index contributed by atoms with van der Waals surface area (Å²) in [6, 6.07) is 5.23. The molecule has 1 unspecified atom stereocenters. The van der Waals surface area contributed by atoms with Gasteiger partial charge in [0.2, 0.25) is 5.96 Å². The Bertz CT molecular complexity index is 514. The lowest BCUT2D eigenvalue weighted by atomic mass is 9.85. The van der Waals surface area contributed by atoms with Gasteiger partial charge in [0.1, 0.15) is 11.8 Å². The van der Waals surface area contributed by atoms with Gasteiger partial charge < -0.3 is 10.8 Å². The third-order valence-electron chi connectivity index (χ3n) is 2.89. The number of nitrogens with zero attached hydrogens (tertiary/aromatic N) is 2. The van der Waals surface area contributed by atoms with Crippen molar-refractivity contribution in [3.63, 3.8) is 0 Å². The number of phenolic OH excluding ortho intramolecular Hbond substituents is 1. The molecule has 1 atom stereocenters. The Balaban J connectivity index is 2.44. The van der Waals surface area contributed by atoms with Crippen LogP contribution in [0.15, 0.2) is 28.3 Å². The Morgan fingerprint density at radius 2 is 2.06 bits per heavy atom. The van der Waals surface area contributed by atoms with E-state index in [1.165, 1.54) is 0 Å². The van der Waals surface area contributed by atoms with E-state index in [9.17, 15) is 5.11 Å². The van der Waals surface area contributed by atoms with E-state index in [0.29, 0.717) is 0 Å². The number of hydrogen-bond acceptors (Lipinski definition) is 5. The Labute approximate surface area is 106 Å². The molecule has 0 spiro atoms. The molecule has 1 aromatic carbocycles. The van der Waals surface area contributed by atoms with Crippen molar-refractivity contribution in [3.05, 3.63) is 29.3 Å². The SMILES string of the molecule is CC(C)(C)c1ccc(O)c(C2C=NNC(N)=N2)c1. The van der Waals surface area contributed by atoms with Gasteiger partial charge in [0.25, 0.3) is 0 Å². The van der Waals surface area contributed by atoms with E-state index in [1.54, 1.807) is 12.3 Å². The maximum atomic E-state index is 9.95. The van der Waals surface area contributed by atoms with Crippen molar-refractivity contribution >= 4 is 12.2 Å². The predicted octanol–water partition coefficient (Wildman–Crippen LogP) is 1.63. The van der Waals surface area contributed by atoms with Crippen molar-refractivity contribution < 1.29 is 5.11 Å². The quantitative estimate of drug-likeness (QED) is 0.704. The van der Waals surface area contributed by atoms with Gasteiger partial charge in [0.05, 0.1) is 6.21 Å². The van der Waals surface area contributed by atoms with Crippen LogP contribution in [-0.2, 0) is 5.41 Å². The fraction of sp³-hybridized carbons (Fsp3) is 0.385. The zero-order valence-corrected chi connectivity index (χ0v) is 10.8. The highest BCUT2D eigenvalue weighted by molar-refractivity contribution is 5.85. The monoisotopic (exact) mass is 246 g/mol. The summed E-state index contributed by atoms with van der Waals surface area (Å²) in [6.07, 6.45) is 1.62. The van der Waals surface area contributed by atoms with Gasteiger partial charge in [-0.1, -0.05) is 26.8 Å². The predicted molar refractivity (Wildman–Crippen MR) is 72.8 cm³/mol. The number of nitrogens with two attached hydrogens (primary N) is 1. The van der Waals surface area contributed by atoms with Crippen LogP contribution in [0.1, 0.15) is 37.9 Å². The zero-order valence-electron chi connectivity index (χ0n) is 10.8. The van der Waals surface area contributed by atoms with Crippen LogP contribution in [0.3, 0.4) is 0 Å². The number of hydrogen-bond donors (Lipinski definition) is 3. The molecule has 1 heterocycles. The lowest BCUT2D eigenvalue weighted by molar-refractivity contribution is 0.465. The average Bonchev–Trinajstić information content (AvgIpc) is 2.28. The molecule has 2 rings (SSSR count). The molecule has 0 fully saturated rings. The van der Waals surface area contributed by atoms with Crippen LogP contribution in [0.5, 0.6) is 5.75 Å². The van der Waals surface area contributed by atoms with E-state index in [-0.39, 0.29) is 23.2 Å². The Morgan fingerprint density at radius 1 is 1.33 bits per heavy atom. The molecule has 0 aliphatic carbocycles. The van der Waals surface area contributed by atoms with Gasteiger partial charge in [-0.15, -0.1) is 0 Å². The number of aliphatic imine (C=N–C) groups is 1. The van der Waals surface area contributed by atoms with Crippen LogP contribution in [0.25, 0.3) is 0 Å². The van der Waals surface area contributed by atoms with Gasteiger partial charge >= 0.3 is 0 Å². The Hall–Kier alpha value is -2.04. The van der Waals surface area contributed by atoms with Gasteiger partial charge in [-0.05, 0) is 23.1 Å². The average molecular weight is 246 g/mol. The summed E-state index contributed by atoms with van der Waals surface area (Å²) in [5, 5.41) is 13.9. The molecule has 96 valence electrons. The van der Waals surface area contributed by atoms with E-state index in [4.69, 9.17) is 5.73 Å². The Morgan fingerprint density at radius 3 is 2.67 bits per heavy atom. The van der Waals surface area contributed by atoms with Crippen molar-refractivity contribution in [2.75, 3.05) is 0 Å². The summed E-state index contributed by atoms with van der Waals surface area (Å²) in [6.45, 7) is 6.37. The maximum absolute atomic E-state index is 9.95. The van der Waals surface area contributed by atoms with Crippen molar-refractivity contribution in [2.45, 2.75) is 32.2 Å². The van der Waals surface area contributed by atoms with Crippen molar-refractivity contribution in [1.29, 1.82) is 0 Å². The molecule has 4 N–H and O–H groups in total. The number of hydrazone groups is 1. The van der Waals surface area contributed by atoms with Gasteiger partial charge in [-0.3, -0.25) is 0 Å². The standard InChI is InChI=1S/C13H18N4O/c1-13(2,3)8-4-5-11(18)9(6-8)10-7-15-17-12(14)16-10/h4-7,10,18H,1-3H3,(H3,14,16,17). The molecule has 0 radical (unpaired) electrons. The van der Waals surface area contributed by atoms with Crippen molar-refractivity contribution in [2.24, 2.45) is 15.8 Å². The number of aromatic hydroxyl groups is 1. The third-order valence-corrected chi connectivity index (χ3v) is 2.89. The minimum Gasteiger partial charge on any atom is -0.508 e. The highest BCUT2D eigenvalue weighted by Crippen LogP contribution is 2.32. The van der Waals surface area contributed by atoms with Crippen LogP contribution < -0.4 is 11.2 Å². The second-order valence-electron chi connectivity index (χ2n) is 5.37. The molecule has 0 saturated carbocycles. The first-order valence-corrected chi connectivity index (χ1v) is 5.84. The molecule has 18 heavy (non-hydrogen) atoms. The lowest BCUT2D eigenvalue weighted by Crippen LogP contribution is -2.31. The summed E-state index contributed by atoms with van der Waals surface area (Å²) in [7, 11) is 0. The van der Waals surface area contributed by atoms with E-state index in [2.05, 4.69) is 36.3 Å². The smallest absolute Gasteiger partial charge is 0.210 e. The van der Waals surface area contributed by atoms with Gasteiger partial charge in [0.15, 0.2) is 0 Å².